The van der Waals surface area contributed by atoms with Crippen molar-refractivity contribution in [2.75, 3.05) is 13.2 Å². The Bertz CT molecular complexity index is 341. The van der Waals surface area contributed by atoms with Crippen molar-refractivity contribution in [3.63, 3.8) is 0 Å². The number of nitrogens with zero attached hydrogens (tertiary/aromatic N) is 1. The highest BCUT2D eigenvalue weighted by Gasteiger charge is 2.34. The first-order valence-corrected chi connectivity index (χ1v) is 7.68. The van der Waals surface area contributed by atoms with Crippen LogP contribution in [-0.2, 0) is 10.2 Å². The Balaban J connectivity index is 2.81. The molecule has 0 aromatic carbocycles. The van der Waals surface area contributed by atoms with Crippen LogP contribution >= 0.6 is 0 Å². The van der Waals surface area contributed by atoms with Crippen LogP contribution in [-0.4, -0.2) is 42.6 Å². The molecule has 1 aliphatic heterocycles. The zero-order chi connectivity index (χ0) is 13.1. The predicted octanol–water partition coefficient (Wildman–Crippen LogP) is 0.856. The van der Waals surface area contributed by atoms with Crippen molar-refractivity contribution in [3.05, 3.63) is 0 Å². The number of aliphatic hydroxyl groups is 1. The minimum atomic E-state index is -3.49. The van der Waals surface area contributed by atoms with E-state index in [9.17, 15) is 13.5 Å². The Morgan fingerprint density at radius 2 is 2.06 bits per heavy atom. The lowest BCUT2D eigenvalue weighted by Gasteiger charge is -2.36. The fourth-order valence-electron chi connectivity index (χ4n) is 1.95. The summed E-state index contributed by atoms with van der Waals surface area (Å²) in [5.74, 6) is 0. The quantitative estimate of drug-likeness (QED) is 0.773. The molecule has 6 heteroatoms. The lowest BCUT2D eigenvalue weighted by Crippen LogP contribution is -2.55. The summed E-state index contributed by atoms with van der Waals surface area (Å²) in [7, 11) is -3.49. The Morgan fingerprint density at radius 3 is 2.59 bits per heavy atom. The summed E-state index contributed by atoms with van der Waals surface area (Å²) < 4.78 is 28.6. The lowest BCUT2D eigenvalue weighted by molar-refractivity contribution is 0.152. The van der Waals surface area contributed by atoms with E-state index in [1.165, 1.54) is 4.31 Å². The van der Waals surface area contributed by atoms with E-state index in [4.69, 9.17) is 0 Å². The molecule has 2 N–H and O–H groups in total. The summed E-state index contributed by atoms with van der Waals surface area (Å²) in [4.78, 5) is 0. The van der Waals surface area contributed by atoms with Gasteiger partial charge in [-0.05, 0) is 33.1 Å². The molecule has 1 saturated heterocycles. The minimum Gasteiger partial charge on any atom is -0.395 e. The summed E-state index contributed by atoms with van der Waals surface area (Å²) in [5.41, 5.74) is -0.448. The molecule has 1 atom stereocenters. The summed E-state index contributed by atoms with van der Waals surface area (Å²) in [6.45, 7) is 6.07. The van der Waals surface area contributed by atoms with Gasteiger partial charge in [0.25, 0.3) is 10.2 Å². The van der Waals surface area contributed by atoms with Crippen molar-refractivity contribution in [1.29, 1.82) is 0 Å². The Hall–Kier alpha value is -0.170. The Kier molecular flexibility index (Phi) is 4.95. The molecule has 1 rings (SSSR count). The van der Waals surface area contributed by atoms with Gasteiger partial charge in [-0.3, -0.25) is 0 Å². The van der Waals surface area contributed by atoms with E-state index in [1.807, 2.05) is 20.8 Å². The topological polar surface area (TPSA) is 69.6 Å². The Morgan fingerprint density at radius 1 is 1.41 bits per heavy atom. The molecule has 0 amide bonds. The number of piperidine rings is 1. The van der Waals surface area contributed by atoms with Gasteiger partial charge in [-0.25, -0.2) is 0 Å². The largest absolute Gasteiger partial charge is 0.395 e. The average Bonchev–Trinajstić information content (AvgIpc) is 2.28. The van der Waals surface area contributed by atoms with E-state index in [-0.39, 0.29) is 12.6 Å². The highest BCUT2D eigenvalue weighted by Crippen LogP contribution is 2.21. The molecule has 0 aliphatic carbocycles. The van der Waals surface area contributed by atoms with Crippen LogP contribution in [0.1, 0.15) is 46.5 Å². The van der Waals surface area contributed by atoms with Crippen LogP contribution in [0.25, 0.3) is 0 Å². The highest BCUT2D eigenvalue weighted by atomic mass is 32.2. The number of hydrogen-bond acceptors (Lipinski definition) is 3. The van der Waals surface area contributed by atoms with E-state index in [0.29, 0.717) is 6.54 Å². The van der Waals surface area contributed by atoms with E-state index >= 15 is 0 Å². The molecule has 0 aromatic heterocycles. The predicted molar refractivity (Wildman–Crippen MR) is 67.9 cm³/mol. The molecule has 0 radical (unpaired) electrons. The van der Waals surface area contributed by atoms with Crippen LogP contribution in [0.15, 0.2) is 0 Å². The second kappa shape index (κ2) is 5.65. The zero-order valence-electron chi connectivity index (χ0n) is 10.9. The van der Waals surface area contributed by atoms with Gasteiger partial charge in [-0.15, -0.1) is 0 Å². The first-order chi connectivity index (χ1) is 7.82. The maximum absolute atomic E-state index is 12.2. The van der Waals surface area contributed by atoms with Gasteiger partial charge in [0.2, 0.25) is 0 Å². The van der Waals surface area contributed by atoms with Crippen molar-refractivity contribution >= 4 is 10.2 Å². The molecule has 0 saturated carbocycles. The first-order valence-electron chi connectivity index (χ1n) is 6.24. The van der Waals surface area contributed by atoms with Gasteiger partial charge in [0.15, 0.2) is 0 Å². The SMILES string of the molecule is CCC(C)(C)NS(=O)(=O)N1CCCCC1CO. The van der Waals surface area contributed by atoms with Gasteiger partial charge < -0.3 is 5.11 Å². The van der Waals surface area contributed by atoms with Crippen LogP contribution in [0.3, 0.4) is 0 Å². The molecule has 17 heavy (non-hydrogen) atoms. The van der Waals surface area contributed by atoms with E-state index in [2.05, 4.69) is 4.72 Å². The second-order valence-electron chi connectivity index (χ2n) is 5.29. The third-order valence-electron chi connectivity index (χ3n) is 3.38. The normalized spacial score (nSPS) is 23.9. The molecule has 0 spiro atoms. The standard InChI is InChI=1S/C11H24N2O3S/c1-4-11(2,3)12-17(15,16)13-8-6-5-7-10(13)9-14/h10,12,14H,4-9H2,1-3H3. The number of aliphatic hydroxyl groups excluding tert-OH is 1. The molecule has 102 valence electrons. The van der Waals surface area contributed by atoms with Crippen LogP contribution in [0.4, 0.5) is 0 Å². The van der Waals surface area contributed by atoms with Crippen LogP contribution in [0, 0.1) is 0 Å². The zero-order valence-corrected chi connectivity index (χ0v) is 11.8. The van der Waals surface area contributed by atoms with Crippen molar-refractivity contribution < 1.29 is 13.5 Å². The molecule has 5 nitrogen and oxygen atoms in total. The first kappa shape index (κ1) is 14.9. The molecule has 1 fully saturated rings. The molecule has 0 bridgehead atoms. The monoisotopic (exact) mass is 264 g/mol. The lowest BCUT2D eigenvalue weighted by atomic mass is 10.0. The summed E-state index contributed by atoms with van der Waals surface area (Å²) in [6, 6.07) is -0.270. The molecular formula is C11H24N2O3S. The minimum absolute atomic E-state index is 0.104. The maximum atomic E-state index is 12.2. The molecule has 0 aromatic rings. The summed E-state index contributed by atoms with van der Waals surface area (Å²) >= 11 is 0. The fourth-order valence-corrected chi connectivity index (χ4v) is 3.85. The van der Waals surface area contributed by atoms with Crippen LogP contribution in [0.2, 0.25) is 0 Å². The van der Waals surface area contributed by atoms with Crippen molar-refractivity contribution in [1.82, 2.24) is 9.03 Å². The van der Waals surface area contributed by atoms with Crippen LogP contribution < -0.4 is 4.72 Å². The van der Waals surface area contributed by atoms with Crippen molar-refractivity contribution in [2.24, 2.45) is 0 Å². The summed E-state index contributed by atoms with van der Waals surface area (Å²) in [5, 5.41) is 9.25. The smallest absolute Gasteiger partial charge is 0.280 e. The molecule has 1 unspecified atom stereocenters. The number of nitrogens with one attached hydrogen (secondary N) is 1. The van der Waals surface area contributed by atoms with Gasteiger partial charge in [-0.2, -0.15) is 17.4 Å². The van der Waals surface area contributed by atoms with Gasteiger partial charge in [0.1, 0.15) is 0 Å². The number of rotatable bonds is 5. The third kappa shape index (κ3) is 3.91. The molecule has 1 aliphatic rings. The van der Waals surface area contributed by atoms with Crippen molar-refractivity contribution in [2.45, 2.75) is 58.0 Å². The van der Waals surface area contributed by atoms with E-state index < -0.39 is 15.7 Å². The van der Waals surface area contributed by atoms with Crippen LogP contribution in [0.5, 0.6) is 0 Å². The maximum Gasteiger partial charge on any atom is 0.280 e. The highest BCUT2D eigenvalue weighted by molar-refractivity contribution is 7.87. The van der Waals surface area contributed by atoms with Crippen molar-refractivity contribution in [3.8, 4) is 0 Å². The third-order valence-corrected chi connectivity index (χ3v) is 5.29. The summed E-state index contributed by atoms with van der Waals surface area (Å²) in [6.07, 6.45) is 3.31. The Labute approximate surface area is 104 Å². The average molecular weight is 264 g/mol. The molecular weight excluding hydrogens is 240 g/mol. The van der Waals surface area contributed by atoms with Gasteiger partial charge >= 0.3 is 0 Å². The second-order valence-corrected chi connectivity index (χ2v) is 6.91. The van der Waals surface area contributed by atoms with Gasteiger partial charge in [-0.1, -0.05) is 13.3 Å². The fraction of sp³-hybridized carbons (Fsp3) is 1.00. The van der Waals surface area contributed by atoms with E-state index in [0.717, 1.165) is 25.7 Å². The molecule has 1 heterocycles. The van der Waals surface area contributed by atoms with E-state index in [1.54, 1.807) is 0 Å². The van der Waals surface area contributed by atoms with Gasteiger partial charge in [0.05, 0.1) is 6.61 Å². The van der Waals surface area contributed by atoms with Gasteiger partial charge in [0, 0.05) is 18.1 Å². The number of hydrogen-bond donors (Lipinski definition) is 2.